The van der Waals surface area contributed by atoms with E-state index in [4.69, 9.17) is 10.00 Å². The minimum atomic E-state index is 0.351. The van der Waals surface area contributed by atoms with E-state index in [9.17, 15) is 0 Å². The van der Waals surface area contributed by atoms with Gasteiger partial charge < -0.3 is 4.74 Å². The van der Waals surface area contributed by atoms with Crippen LogP contribution in [-0.2, 0) is 4.74 Å². The monoisotopic (exact) mass is 109 g/mol. The molecule has 1 aliphatic heterocycles. The molecule has 0 aromatic carbocycles. The average Bonchev–Trinajstić information content (AvgIpc) is 2.22. The van der Waals surface area contributed by atoms with Crippen molar-refractivity contribution in [1.29, 1.82) is 5.26 Å². The Bertz CT molecular complexity index is 139. The Morgan fingerprint density at radius 2 is 2.00 bits per heavy atom. The highest BCUT2D eigenvalue weighted by Crippen LogP contribution is 2.49. The topological polar surface area (TPSA) is 33.0 Å². The Labute approximate surface area is 48.1 Å². The van der Waals surface area contributed by atoms with Crippen molar-refractivity contribution in [3.63, 3.8) is 0 Å². The molecule has 2 rings (SSSR count). The van der Waals surface area contributed by atoms with E-state index in [1.165, 1.54) is 0 Å². The number of hydrogen-bond donors (Lipinski definition) is 0. The van der Waals surface area contributed by atoms with Gasteiger partial charge in [-0.05, 0) is 0 Å². The van der Waals surface area contributed by atoms with E-state index in [1.54, 1.807) is 0 Å². The van der Waals surface area contributed by atoms with Crippen LogP contribution in [0.15, 0.2) is 0 Å². The molecule has 2 atom stereocenters. The fourth-order valence-corrected chi connectivity index (χ4v) is 1.43. The first kappa shape index (κ1) is 4.34. The summed E-state index contributed by atoms with van der Waals surface area (Å²) in [6.45, 7) is 1.67. The largest absolute Gasteiger partial charge is 0.381 e. The molecule has 42 valence electrons. The lowest BCUT2D eigenvalue weighted by Crippen LogP contribution is -1.94. The molecule has 0 spiro atoms. The number of fused-ring (bicyclic) bond motifs is 1. The van der Waals surface area contributed by atoms with E-state index in [0.29, 0.717) is 17.8 Å². The lowest BCUT2D eigenvalue weighted by molar-refractivity contribution is 0.158. The van der Waals surface area contributed by atoms with E-state index >= 15 is 0 Å². The Hall–Kier alpha value is -0.550. The third-order valence-electron chi connectivity index (χ3n) is 2.10. The summed E-state index contributed by atoms with van der Waals surface area (Å²) in [5.74, 6) is 1.57. The predicted molar refractivity (Wildman–Crippen MR) is 26.9 cm³/mol. The minimum absolute atomic E-state index is 0.351. The standard InChI is InChI=1S/C6H7NO/c7-1-4-5-2-8-3-6(4)5/h4-6H,2-3H2/t5-,6-/m1/s1. The smallest absolute Gasteiger partial charge is 0.0663 e. The van der Waals surface area contributed by atoms with Crippen LogP contribution in [0.3, 0.4) is 0 Å². The van der Waals surface area contributed by atoms with Crippen LogP contribution in [0.4, 0.5) is 0 Å². The number of nitriles is 1. The molecule has 0 radical (unpaired) electrons. The fourth-order valence-electron chi connectivity index (χ4n) is 1.43. The molecule has 0 aromatic rings. The first-order chi connectivity index (χ1) is 3.93. The summed E-state index contributed by atoms with van der Waals surface area (Å²) >= 11 is 0. The Morgan fingerprint density at radius 3 is 2.38 bits per heavy atom. The van der Waals surface area contributed by atoms with Crippen molar-refractivity contribution in [3.05, 3.63) is 0 Å². The molecule has 2 nitrogen and oxygen atoms in total. The molecule has 1 saturated heterocycles. The Balaban J connectivity index is 2.06. The van der Waals surface area contributed by atoms with Gasteiger partial charge in [0.25, 0.3) is 0 Å². The van der Waals surface area contributed by atoms with E-state index in [-0.39, 0.29) is 0 Å². The lowest BCUT2D eigenvalue weighted by atomic mass is 10.3. The summed E-state index contributed by atoms with van der Waals surface area (Å²) in [4.78, 5) is 0. The number of rotatable bonds is 0. The minimum Gasteiger partial charge on any atom is -0.381 e. The molecule has 0 bridgehead atoms. The van der Waals surface area contributed by atoms with Crippen molar-refractivity contribution in [2.45, 2.75) is 0 Å². The van der Waals surface area contributed by atoms with Gasteiger partial charge in [0, 0.05) is 11.8 Å². The lowest BCUT2D eigenvalue weighted by Gasteiger charge is -1.92. The summed E-state index contributed by atoms with van der Waals surface area (Å²) in [5.41, 5.74) is 0. The van der Waals surface area contributed by atoms with Crippen molar-refractivity contribution in [1.82, 2.24) is 0 Å². The van der Waals surface area contributed by atoms with Crippen molar-refractivity contribution in [2.24, 2.45) is 17.8 Å². The molecule has 0 amide bonds. The second kappa shape index (κ2) is 1.24. The highest BCUT2D eigenvalue weighted by molar-refractivity contribution is 5.10. The van der Waals surface area contributed by atoms with Gasteiger partial charge in [-0.3, -0.25) is 0 Å². The molecule has 8 heavy (non-hydrogen) atoms. The summed E-state index contributed by atoms with van der Waals surface area (Å²) in [7, 11) is 0. The number of hydrogen-bond acceptors (Lipinski definition) is 2. The zero-order valence-corrected chi connectivity index (χ0v) is 4.50. The van der Waals surface area contributed by atoms with Crippen LogP contribution < -0.4 is 0 Å². The van der Waals surface area contributed by atoms with Crippen LogP contribution in [0, 0.1) is 29.1 Å². The summed E-state index contributed by atoms with van der Waals surface area (Å²) in [6.07, 6.45) is 0. The van der Waals surface area contributed by atoms with E-state index in [1.807, 2.05) is 0 Å². The first-order valence-corrected chi connectivity index (χ1v) is 2.91. The van der Waals surface area contributed by atoms with Gasteiger partial charge in [-0.2, -0.15) is 5.26 Å². The molecule has 1 saturated carbocycles. The molecule has 2 heteroatoms. The second-order valence-electron chi connectivity index (χ2n) is 2.52. The van der Waals surface area contributed by atoms with E-state index in [2.05, 4.69) is 6.07 Å². The third-order valence-corrected chi connectivity index (χ3v) is 2.10. The van der Waals surface area contributed by atoms with Crippen LogP contribution in [0.5, 0.6) is 0 Å². The Morgan fingerprint density at radius 1 is 1.38 bits per heavy atom. The normalized spacial score (nSPS) is 50.1. The second-order valence-corrected chi connectivity index (χ2v) is 2.52. The zero-order valence-electron chi connectivity index (χ0n) is 4.50. The maximum Gasteiger partial charge on any atom is 0.0663 e. The molecular formula is C6H7NO. The molecular weight excluding hydrogens is 102 g/mol. The number of nitrogens with zero attached hydrogens (tertiary/aromatic N) is 1. The Kier molecular flexibility index (Phi) is 0.671. The van der Waals surface area contributed by atoms with Crippen molar-refractivity contribution in [2.75, 3.05) is 13.2 Å². The quantitative estimate of drug-likeness (QED) is 0.451. The fraction of sp³-hybridized carbons (Fsp3) is 0.833. The molecule has 2 fully saturated rings. The predicted octanol–water partition coefficient (Wildman–Crippen LogP) is 0.402. The summed E-state index contributed by atoms with van der Waals surface area (Å²) in [6, 6.07) is 2.26. The van der Waals surface area contributed by atoms with Gasteiger partial charge in [0.2, 0.25) is 0 Å². The van der Waals surface area contributed by atoms with Crippen molar-refractivity contribution in [3.8, 4) is 6.07 Å². The zero-order chi connectivity index (χ0) is 5.56. The van der Waals surface area contributed by atoms with Crippen molar-refractivity contribution < 1.29 is 4.74 Å². The van der Waals surface area contributed by atoms with Crippen molar-refractivity contribution >= 4 is 0 Å². The average molecular weight is 109 g/mol. The molecule has 1 aliphatic carbocycles. The molecule has 1 heterocycles. The SMILES string of the molecule is N#CC1[C@H]2COC[C@H]12. The van der Waals surface area contributed by atoms with Gasteiger partial charge in [-0.1, -0.05) is 0 Å². The maximum atomic E-state index is 8.41. The first-order valence-electron chi connectivity index (χ1n) is 2.91. The molecule has 0 unspecified atom stereocenters. The molecule has 0 N–H and O–H groups in total. The molecule has 2 aliphatic rings. The van der Waals surface area contributed by atoms with Crippen LogP contribution in [0.25, 0.3) is 0 Å². The highest BCUT2D eigenvalue weighted by atomic mass is 16.5. The van der Waals surface area contributed by atoms with Gasteiger partial charge in [0.15, 0.2) is 0 Å². The van der Waals surface area contributed by atoms with Gasteiger partial charge in [-0.25, -0.2) is 0 Å². The van der Waals surface area contributed by atoms with Gasteiger partial charge in [-0.15, -0.1) is 0 Å². The van der Waals surface area contributed by atoms with Crippen LogP contribution >= 0.6 is 0 Å². The van der Waals surface area contributed by atoms with Gasteiger partial charge in [0.05, 0.1) is 25.2 Å². The summed E-state index contributed by atoms with van der Waals surface area (Å²) in [5, 5.41) is 8.41. The number of ether oxygens (including phenoxy) is 1. The van der Waals surface area contributed by atoms with Crippen LogP contribution in [-0.4, -0.2) is 13.2 Å². The van der Waals surface area contributed by atoms with E-state index < -0.39 is 0 Å². The van der Waals surface area contributed by atoms with Gasteiger partial charge in [0.1, 0.15) is 0 Å². The highest BCUT2D eigenvalue weighted by Gasteiger charge is 2.54. The van der Waals surface area contributed by atoms with Crippen LogP contribution in [0.2, 0.25) is 0 Å². The third kappa shape index (κ3) is 0.354. The van der Waals surface area contributed by atoms with Gasteiger partial charge >= 0.3 is 0 Å². The molecule has 0 aromatic heterocycles. The van der Waals surface area contributed by atoms with Crippen LogP contribution in [0.1, 0.15) is 0 Å². The summed E-state index contributed by atoms with van der Waals surface area (Å²) < 4.78 is 5.09. The van der Waals surface area contributed by atoms with E-state index in [0.717, 1.165) is 13.2 Å². The maximum absolute atomic E-state index is 8.41.